The fraction of sp³-hybridized carbons (Fsp3) is 0. The van der Waals surface area contributed by atoms with Crippen molar-refractivity contribution >= 4 is 22.2 Å². The molecule has 0 spiro atoms. The highest BCUT2D eigenvalue weighted by Crippen LogP contribution is 2.31. The number of nitrogens with zero attached hydrogens (tertiary/aromatic N) is 4. The quantitative estimate of drug-likeness (QED) is 0.405. The van der Waals surface area contributed by atoms with Crippen molar-refractivity contribution < 1.29 is 5.11 Å². The number of thiazole rings is 1. The van der Waals surface area contributed by atoms with Crippen LogP contribution in [0, 0.1) is 0 Å². The van der Waals surface area contributed by atoms with Crippen LogP contribution in [0.3, 0.4) is 0 Å². The second kappa shape index (κ2) is 7.76. The molecule has 0 saturated heterocycles. The molecule has 0 fully saturated rings. The van der Waals surface area contributed by atoms with Crippen LogP contribution in [0.15, 0.2) is 83.5 Å². The molecule has 0 atom stereocenters. The van der Waals surface area contributed by atoms with Gasteiger partial charge in [0.15, 0.2) is 0 Å². The molecule has 4 rings (SSSR count). The van der Waals surface area contributed by atoms with Gasteiger partial charge in [-0.25, -0.2) is 4.98 Å². The topological polar surface area (TPSA) is 83.3 Å². The van der Waals surface area contributed by atoms with Crippen LogP contribution < -0.4 is 5.43 Å². The number of para-hydroxylation sites is 1. The molecule has 2 N–H and O–H groups in total. The van der Waals surface area contributed by atoms with Gasteiger partial charge >= 0.3 is 0 Å². The summed E-state index contributed by atoms with van der Waals surface area (Å²) in [6.07, 6.45) is 3.43. The SMILES string of the molecule is Oc1ccccc1-c1csc(NN=C(c2ccccn2)c2ccccn2)n1. The van der Waals surface area contributed by atoms with Gasteiger partial charge in [0.1, 0.15) is 11.5 Å². The Morgan fingerprint density at radius 1 is 0.889 bits per heavy atom. The van der Waals surface area contributed by atoms with E-state index in [1.54, 1.807) is 24.5 Å². The van der Waals surface area contributed by atoms with E-state index in [-0.39, 0.29) is 5.75 Å². The Labute approximate surface area is 159 Å². The fourth-order valence-electron chi connectivity index (χ4n) is 2.49. The molecular weight excluding hydrogens is 358 g/mol. The first-order valence-corrected chi connectivity index (χ1v) is 9.09. The van der Waals surface area contributed by atoms with Crippen molar-refractivity contribution in [1.29, 1.82) is 0 Å². The van der Waals surface area contributed by atoms with E-state index >= 15 is 0 Å². The van der Waals surface area contributed by atoms with E-state index in [1.165, 1.54) is 11.3 Å². The molecule has 0 amide bonds. The first-order chi connectivity index (χ1) is 13.3. The summed E-state index contributed by atoms with van der Waals surface area (Å²) < 4.78 is 0. The molecule has 3 aromatic heterocycles. The Morgan fingerprint density at radius 2 is 1.56 bits per heavy atom. The highest BCUT2D eigenvalue weighted by Gasteiger charge is 2.11. The number of anilines is 1. The average Bonchev–Trinajstić information content (AvgIpc) is 3.19. The Balaban J connectivity index is 1.64. The van der Waals surface area contributed by atoms with Gasteiger partial charge in [-0.3, -0.25) is 15.4 Å². The highest BCUT2D eigenvalue weighted by molar-refractivity contribution is 7.14. The van der Waals surface area contributed by atoms with Gasteiger partial charge in [0.25, 0.3) is 0 Å². The number of hydrogen-bond donors (Lipinski definition) is 2. The monoisotopic (exact) mass is 373 g/mol. The largest absolute Gasteiger partial charge is 0.507 e. The molecule has 3 heterocycles. The van der Waals surface area contributed by atoms with Crippen LogP contribution in [0.4, 0.5) is 5.13 Å². The van der Waals surface area contributed by atoms with Crippen molar-refractivity contribution in [3.8, 4) is 17.0 Å². The Morgan fingerprint density at radius 3 is 2.19 bits per heavy atom. The van der Waals surface area contributed by atoms with Crippen molar-refractivity contribution in [2.24, 2.45) is 5.10 Å². The molecule has 6 nitrogen and oxygen atoms in total. The summed E-state index contributed by atoms with van der Waals surface area (Å²) in [4.78, 5) is 13.2. The minimum absolute atomic E-state index is 0.195. The van der Waals surface area contributed by atoms with Crippen molar-refractivity contribution in [2.75, 3.05) is 5.43 Å². The maximum absolute atomic E-state index is 9.99. The van der Waals surface area contributed by atoms with Gasteiger partial charge in [0.2, 0.25) is 5.13 Å². The van der Waals surface area contributed by atoms with Crippen LogP contribution in [0.2, 0.25) is 0 Å². The second-order valence-corrected chi connectivity index (χ2v) is 6.42. The first-order valence-electron chi connectivity index (χ1n) is 8.21. The normalized spacial score (nSPS) is 10.4. The molecule has 0 saturated carbocycles. The summed E-state index contributed by atoms with van der Waals surface area (Å²) in [5.74, 6) is 0.195. The molecule has 27 heavy (non-hydrogen) atoms. The van der Waals surface area contributed by atoms with E-state index in [2.05, 4.69) is 25.5 Å². The van der Waals surface area contributed by atoms with Gasteiger partial charge < -0.3 is 5.11 Å². The van der Waals surface area contributed by atoms with Crippen LogP contribution in [0.5, 0.6) is 5.75 Å². The zero-order valence-corrected chi connectivity index (χ0v) is 15.0. The zero-order chi connectivity index (χ0) is 18.5. The molecule has 0 radical (unpaired) electrons. The van der Waals surface area contributed by atoms with Crippen molar-refractivity contribution in [3.63, 3.8) is 0 Å². The van der Waals surface area contributed by atoms with E-state index < -0.39 is 0 Å². The third-order valence-corrected chi connectivity index (χ3v) is 4.51. The molecule has 132 valence electrons. The van der Waals surface area contributed by atoms with Crippen LogP contribution in [-0.4, -0.2) is 25.8 Å². The van der Waals surface area contributed by atoms with Crippen LogP contribution >= 0.6 is 11.3 Å². The zero-order valence-electron chi connectivity index (χ0n) is 14.1. The second-order valence-electron chi connectivity index (χ2n) is 5.56. The molecule has 0 aliphatic heterocycles. The molecule has 0 bridgehead atoms. The van der Waals surface area contributed by atoms with Crippen LogP contribution in [0.25, 0.3) is 11.3 Å². The Kier molecular flexibility index (Phi) is 4.84. The standard InChI is InChI=1S/C20H15N5OS/c26-18-10-2-1-7-14(18)17-13-27-20(23-17)25-24-19(15-8-3-5-11-21-15)16-9-4-6-12-22-16/h1-13,26H,(H,23,25). The third-order valence-electron chi connectivity index (χ3n) is 3.76. The van der Waals surface area contributed by atoms with Gasteiger partial charge in [-0.15, -0.1) is 11.3 Å². The van der Waals surface area contributed by atoms with E-state index in [0.717, 1.165) is 0 Å². The number of benzene rings is 1. The number of pyridine rings is 2. The number of hydrogen-bond acceptors (Lipinski definition) is 7. The van der Waals surface area contributed by atoms with Gasteiger partial charge in [0.05, 0.1) is 17.1 Å². The number of phenols is 1. The highest BCUT2D eigenvalue weighted by atomic mass is 32.1. The first kappa shape index (κ1) is 16.9. The molecule has 0 aliphatic carbocycles. The van der Waals surface area contributed by atoms with Crippen LogP contribution in [-0.2, 0) is 0 Å². The number of phenolic OH excluding ortho intramolecular Hbond substituents is 1. The van der Waals surface area contributed by atoms with E-state index in [0.29, 0.717) is 33.5 Å². The predicted molar refractivity (Wildman–Crippen MR) is 107 cm³/mol. The smallest absolute Gasteiger partial charge is 0.203 e. The molecule has 4 aromatic rings. The number of aromatic hydroxyl groups is 1. The summed E-state index contributed by atoms with van der Waals surface area (Å²) in [6.45, 7) is 0. The molecule has 7 heteroatoms. The predicted octanol–water partition coefficient (Wildman–Crippen LogP) is 4.17. The molecule has 0 unspecified atom stereocenters. The number of aromatic nitrogens is 3. The van der Waals surface area contributed by atoms with Crippen molar-refractivity contribution in [1.82, 2.24) is 15.0 Å². The van der Waals surface area contributed by atoms with E-state index in [9.17, 15) is 5.11 Å². The lowest BCUT2D eigenvalue weighted by molar-refractivity contribution is 0.477. The maximum atomic E-state index is 9.99. The summed E-state index contributed by atoms with van der Waals surface area (Å²) in [7, 11) is 0. The lowest BCUT2D eigenvalue weighted by atomic mass is 10.1. The number of hydrazone groups is 1. The number of nitrogens with one attached hydrogen (secondary N) is 1. The fourth-order valence-corrected chi connectivity index (χ4v) is 3.15. The van der Waals surface area contributed by atoms with Crippen molar-refractivity contribution in [2.45, 2.75) is 0 Å². The van der Waals surface area contributed by atoms with Crippen molar-refractivity contribution in [3.05, 3.63) is 89.8 Å². The maximum Gasteiger partial charge on any atom is 0.203 e. The Hall–Kier alpha value is -3.58. The summed E-state index contributed by atoms with van der Waals surface area (Å²) >= 11 is 1.40. The van der Waals surface area contributed by atoms with Gasteiger partial charge in [-0.05, 0) is 36.4 Å². The Bertz CT molecular complexity index is 1020. The lowest BCUT2D eigenvalue weighted by Gasteiger charge is -2.05. The minimum atomic E-state index is 0.195. The van der Waals surface area contributed by atoms with Gasteiger partial charge in [-0.2, -0.15) is 5.10 Å². The number of rotatable bonds is 5. The third kappa shape index (κ3) is 3.83. The van der Waals surface area contributed by atoms with E-state index in [4.69, 9.17) is 0 Å². The summed E-state index contributed by atoms with van der Waals surface area (Å²) in [6, 6.07) is 18.4. The van der Waals surface area contributed by atoms with Gasteiger partial charge in [0, 0.05) is 23.3 Å². The molecular formula is C20H15N5OS. The molecule has 1 aromatic carbocycles. The lowest BCUT2D eigenvalue weighted by Crippen LogP contribution is -2.10. The van der Waals surface area contributed by atoms with Gasteiger partial charge in [-0.1, -0.05) is 24.3 Å². The summed E-state index contributed by atoms with van der Waals surface area (Å²) in [5, 5.41) is 17.0. The average molecular weight is 373 g/mol. The van der Waals surface area contributed by atoms with Crippen LogP contribution in [0.1, 0.15) is 11.4 Å². The van der Waals surface area contributed by atoms with E-state index in [1.807, 2.05) is 53.9 Å². The minimum Gasteiger partial charge on any atom is -0.507 e. The summed E-state index contributed by atoms with van der Waals surface area (Å²) in [5.41, 5.74) is 6.39. The molecule has 0 aliphatic rings.